The van der Waals surface area contributed by atoms with Crippen molar-refractivity contribution in [1.82, 2.24) is 9.80 Å². The zero-order valence-corrected chi connectivity index (χ0v) is 9.89. The number of furan rings is 1. The molecule has 2 heterocycles. The summed E-state index contributed by atoms with van der Waals surface area (Å²) in [6.45, 7) is 4.83. The van der Waals surface area contributed by atoms with Crippen LogP contribution in [0.3, 0.4) is 0 Å². The van der Waals surface area contributed by atoms with E-state index in [2.05, 4.69) is 4.90 Å². The predicted molar refractivity (Wildman–Crippen MR) is 61.7 cm³/mol. The highest BCUT2D eigenvalue weighted by molar-refractivity contribution is 5.91. The van der Waals surface area contributed by atoms with Gasteiger partial charge in [-0.05, 0) is 19.1 Å². The highest BCUT2D eigenvalue weighted by atomic mass is 16.3. The smallest absolute Gasteiger partial charge is 0.289 e. The van der Waals surface area contributed by atoms with Gasteiger partial charge in [0.25, 0.3) is 5.91 Å². The number of piperazine rings is 1. The van der Waals surface area contributed by atoms with E-state index in [0.717, 1.165) is 13.1 Å². The van der Waals surface area contributed by atoms with Crippen LogP contribution >= 0.6 is 0 Å². The number of Topliss-reactive ketones (excluding diaryl/α,β-unsaturated/α-hetero) is 1. The van der Waals surface area contributed by atoms with Crippen LogP contribution in [0.4, 0.5) is 0 Å². The fourth-order valence-corrected chi connectivity index (χ4v) is 1.98. The van der Waals surface area contributed by atoms with Gasteiger partial charge in [-0.2, -0.15) is 0 Å². The average molecular weight is 236 g/mol. The maximum absolute atomic E-state index is 11.9. The lowest BCUT2D eigenvalue weighted by molar-refractivity contribution is -0.118. The Labute approximate surface area is 100.0 Å². The molecule has 0 aromatic carbocycles. The topological polar surface area (TPSA) is 53.8 Å². The van der Waals surface area contributed by atoms with Gasteiger partial charge in [0.2, 0.25) is 0 Å². The first-order valence-corrected chi connectivity index (χ1v) is 5.71. The van der Waals surface area contributed by atoms with Gasteiger partial charge < -0.3 is 9.32 Å². The maximum Gasteiger partial charge on any atom is 0.289 e. The number of ketones is 1. The minimum Gasteiger partial charge on any atom is -0.459 e. The molecule has 1 fully saturated rings. The van der Waals surface area contributed by atoms with Gasteiger partial charge in [-0.25, -0.2) is 0 Å². The van der Waals surface area contributed by atoms with Gasteiger partial charge in [0, 0.05) is 26.2 Å². The number of nitrogens with zero attached hydrogens (tertiary/aromatic N) is 2. The number of hydrogen-bond acceptors (Lipinski definition) is 4. The third-order valence-electron chi connectivity index (χ3n) is 2.84. The average Bonchev–Trinajstić information content (AvgIpc) is 2.82. The minimum absolute atomic E-state index is 0.0718. The molecule has 0 atom stereocenters. The van der Waals surface area contributed by atoms with E-state index in [4.69, 9.17) is 4.42 Å². The van der Waals surface area contributed by atoms with Gasteiger partial charge in [0.15, 0.2) is 5.76 Å². The molecule has 1 aromatic heterocycles. The van der Waals surface area contributed by atoms with Crippen LogP contribution in [-0.2, 0) is 4.79 Å². The second-order valence-corrected chi connectivity index (χ2v) is 4.25. The van der Waals surface area contributed by atoms with Gasteiger partial charge in [-0.3, -0.25) is 14.5 Å². The Balaban J connectivity index is 1.87. The van der Waals surface area contributed by atoms with Crippen LogP contribution in [0, 0.1) is 0 Å². The van der Waals surface area contributed by atoms with Gasteiger partial charge >= 0.3 is 0 Å². The summed E-state index contributed by atoms with van der Waals surface area (Å²) in [5, 5.41) is 0. The number of carbonyl (C=O) groups is 2. The van der Waals surface area contributed by atoms with Crippen LogP contribution in [0.1, 0.15) is 17.5 Å². The van der Waals surface area contributed by atoms with Crippen molar-refractivity contribution in [2.75, 3.05) is 32.7 Å². The van der Waals surface area contributed by atoms with Crippen molar-refractivity contribution < 1.29 is 14.0 Å². The summed E-state index contributed by atoms with van der Waals surface area (Å²) >= 11 is 0. The molecule has 0 saturated carbocycles. The largest absolute Gasteiger partial charge is 0.459 e. The minimum atomic E-state index is -0.0718. The molecule has 2 rings (SSSR count). The Morgan fingerprint density at radius 1 is 1.29 bits per heavy atom. The first-order chi connectivity index (χ1) is 8.16. The van der Waals surface area contributed by atoms with Crippen molar-refractivity contribution in [1.29, 1.82) is 0 Å². The lowest BCUT2D eigenvalue weighted by atomic mass is 10.2. The Bertz CT molecular complexity index is 392. The lowest BCUT2D eigenvalue weighted by Gasteiger charge is -2.33. The highest BCUT2D eigenvalue weighted by Crippen LogP contribution is 2.09. The molecule has 0 bridgehead atoms. The highest BCUT2D eigenvalue weighted by Gasteiger charge is 2.23. The first-order valence-electron chi connectivity index (χ1n) is 5.71. The number of hydrogen-bond donors (Lipinski definition) is 0. The summed E-state index contributed by atoms with van der Waals surface area (Å²) in [5.41, 5.74) is 0. The van der Waals surface area contributed by atoms with Crippen LogP contribution in [0.5, 0.6) is 0 Å². The summed E-state index contributed by atoms with van der Waals surface area (Å²) < 4.78 is 5.08. The van der Waals surface area contributed by atoms with Crippen molar-refractivity contribution in [2.24, 2.45) is 0 Å². The molecule has 1 aromatic rings. The summed E-state index contributed by atoms with van der Waals surface area (Å²) in [6.07, 6.45) is 1.50. The molecule has 5 heteroatoms. The number of amides is 1. The molecule has 0 unspecified atom stereocenters. The quantitative estimate of drug-likeness (QED) is 0.772. The second-order valence-electron chi connectivity index (χ2n) is 4.25. The van der Waals surface area contributed by atoms with E-state index in [0.29, 0.717) is 25.4 Å². The van der Waals surface area contributed by atoms with E-state index < -0.39 is 0 Å². The molecule has 5 nitrogen and oxygen atoms in total. The summed E-state index contributed by atoms with van der Waals surface area (Å²) in [6, 6.07) is 3.38. The predicted octanol–water partition coefficient (Wildman–Crippen LogP) is 0.626. The van der Waals surface area contributed by atoms with Crippen molar-refractivity contribution >= 4 is 11.7 Å². The molecule has 0 spiro atoms. The van der Waals surface area contributed by atoms with Crippen molar-refractivity contribution in [2.45, 2.75) is 6.92 Å². The molecule has 1 saturated heterocycles. The summed E-state index contributed by atoms with van der Waals surface area (Å²) in [7, 11) is 0. The first kappa shape index (κ1) is 11.9. The molecule has 0 N–H and O–H groups in total. The fraction of sp³-hybridized carbons (Fsp3) is 0.500. The molecule has 1 aliphatic heterocycles. The van der Waals surface area contributed by atoms with Gasteiger partial charge in [-0.1, -0.05) is 0 Å². The SMILES string of the molecule is CC(=O)CN1CCN(C(=O)c2ccco2)CC1. The van der Waals surface area contributed by atoms with E-state index in [9.17, 15) is 9.59 Å². The van der Waals surface area contributed by atoms with Crippen molar-refractivity contribution in [3.8, 4) is 0 Å². The van der Waals surface area contributed by atoms with E-state index in [1.54, 1.807) is 24.0 Å². The van der Waals surface area contributed by atoms with Crippen LogP contribution in [0.25, 0.3) is 0 Å². The molecular formula is C12H16N2O3. The molecule has 0 aliphatic carbocycles. The third-order valence-corrected chi connectivity index (χ3v) is 2.84. The van der Waals surface area contributed by atoms with E-state index in [1.807, 2.05) is 0 Å². The summed E-state index contributed by atoms with van der Waals surface area (Å²) in [5.74, 6) is 0.471. The Morgan fingerprint density at radius 2 is 2.00 bits per heavy atom. The number of carbonyl (C=O) groups excluding carboxylic acids is 2. The number of rotatable bonds is 3. The van der Waals surface area contributed by atoms with Crippen molar-refractivity contribution in [3.63, 3.8) is 0 Å². The van der Waals surface area contributed by atoms with Crippen LogP contribution in [0.2, 0.25) is 0 Å². The molecular weight excluding hydrogens is 220 g/mol. The van der Waals surface area contributed by atoms with Gasteiger partial charge in [0.05, 0.1) is 12.8 Å². The Morgan fingerprint density at radius 3 is 2.53 bits per heavy atom. The fourth-order valence-electron chi connectivity index (χ4n) is 1.98. The van der Waals surface area contributed by atoms with Crippen LogP contribution in [0.15, 0.2) is 22.8 Å². The molecule has 0 radical (unpaired) electrons. The van der Waals surface area contributed by atoms with Gasteiger partial charge in [-0.15, -0.1) is 0 Å². The lowest BCUT2D eigenvalue weighted by Crippen LogP contribution is -2.49. The molecule has 17 heavy (non-hydrogen) atoms. The normalized spacial score (nSPS) is 17.1. The zero-order valence-electron chi connectivity index (χ0n) is 9.89. The second kappa shape index (κ2) is 5.14. The molecule has 1 aliphatic rings. The van der Waals surface area contributed by atoms with E-state index in [1.165, 1.54) is 6.26 Å². The Kier molecular flexibility index (Phi) is 3.58. The maximum atomic E-state index is 11.9. The third kappa shape index (κ3) is 2.94. The summed E-state index contributed by atoms with van der Waals surface area (Å²) in [4.78, 5) is 26.7. The van der Waals surface area contributed by atoms with Gasteiger partial charge in [0.1, 0.15) is 5.78 Å². The van der Waals surface area contributed by atoms with E-state index in [-0.39, 0.29) is 11.7 Å². The van der Waals surface area contributed by atoms with Crippen LogP contribution in [-0.4, -0.2) is 54.2 Å². The van der Waals surface area contributed by atoms with Crippen molar-refractivity contribution in [3.05, 3.63) is 24.2 Å². The standard InChI is InChI=1S/C12H16N2O3/c1-10(15)9-13-4-6-14(7-5-13)12(16)11-3-2-8-17-11/h2-3,8H,4-7,9H2,1H3. The van der Waals surface area contributed by atoms with E-state index >= 15 is 0 Å². The monoisotopic (exact) mass is 236 g/mol. The van der Waals surface area contributed by atoms with Crippen LogP contribution < -0.4 is 0 Å². The molecule has 92 valence electrons. The zero-order chi connectivity index (χ0) is 12.3. The molecule has 1 amide bonds. The Hall–Kier alpha value is -1.62.